The Morgan fingerprint density at radius 3 is 2.25 bits per heavy atom. The molecule has 2 heterocycles. The van der Waals surface area contributed by atoms with Gasteiger partial charge in [-0.15, -0.1) is 0 Å². The van der Waals surface area contributed by atoms with Crippen LogP contribution in [0.25, 0.3) is 11.3 Å². The van der Waals surface area contributed by atoms with E-state index >= 15 is 0 Å². The number of aromatic nitrogens is 3. The maximum Gasteiger partial charge on any atom is 0.251 e. The molecule has 0 spiro atoms. The second-order valence-corrected chi connectivity index (χ2v) is 7.12. The Morgan fingerprint density at radius 1 is 1.00 bits per heavy atom. The summed E-state index contributed by atoms with van der Waals surface area (Å²) < 4.78 is 0. The van der Waals surface area contributed by atoms with Crippen LogP contribution >= 0.6 is 0 Å². The lowest BCUT2D eigenvalue weighted by atomic mass is 10.1. The lowest BCUT2D eigenvalue weighted by molar-refractivity contribution is 0.0950. The monoisotopic (exact) mass is 375 g/mol. The second kappa shape index (κ2) is 8.71. The molecule has 2 aromatic heterocycles. The molecule has 0 saturated heterocycles. The summed E-state index contributed by atoms with van der Waals surface area (Å²) in [7, 11) is 4.06. The van der Waals surface area contributed by atoms with E-state index in [1.54, 1.807) is 0 Å². The Labute approximate surface area is 165 Å². The summed E-state index contributed by atoms with van der Waals surface area (Å²) in [6.07, 6.45) is 1.89. The fourth-order valence-corrected chi connectivity index (χ4v) is 2.99. The fourth-order valence-electron chi connectivity index (χ4n) is 2.99. The van der Waals surface area contributed by atoms with Crippen LogP contribution in [-0.4, -0.2) is 39.9 Å². The van der Waals surface area contributed by atoms with Crippen molar-refractivity contribution in [1.29, 1.82) is 0 Å². The van der Waals surface area contributed by atoms with Gasteiger partial charge in [-0.25, -0.2) is 9.97 Å². The van der Waals surface area contributed by atoms with Gasteiger partial charge in [0.2, 0.25) is 0 Å². The summed E-state index contributed by atoms with van der Waals surface area (Å²) in [5.41, 5.74) is 5.41. The molecule has 28 heavy (non-hydrogen) atoms. The Hall–Kier alpha value is -3.12. The molecular formula is C22H25N5O. The highest BCUT2D eigenvalue weighted by Crippen LogP contribution is 2.18. The molecule has 0 aliphatic rings. The van der Waals surface area contributed by atoms with Crippen LogP contribution in [0.1, 0.15) is 33.1 Å². The van der Waals surface area contributed by atoms with Crippen molar-refractivity contribution in [1.82, 2.24) is 25.2 Å². The smallest absolute Gasteiger partial charge is 0.251 e. The predicted octanol–water partition coefficient (Wildman–Crippen LogP) is 3.15. The summed E-state index contributed by atoms with van der Waals surface area (Å²) in [4.78, 5) is 27.7. The standard InChI is InChI=1S/C22H25N5O/c1-15-11-16(2)26-21(25-15)13-24-22(28)19-8-6-18(7-9-19)20-10-5-17(12-23-20)14-27(3)4/h5-12H,13-14H2,1-4H3,(H,24,28). The van der Waals surface area contributed by atoms with Gasteiger partial charge in [-0.2, -0.15) is 0 Å². The van der Waals surface area contributed by atoms with Gasteiger partial charge < -0.3 is 10.2 Å². The summed E-state index contributed by atoms with van der Waals surface area (Å²) in [5, 5.41) is 2.87. The summed E-state index contributed by atoms with van der Waals surface area (Å²) in [5.74, 6) is 0.466. The van der Waals surface area contributed by atoms with Crippen molar-refractivity contribution in [2.24, 2.45) is 0 Å². The lowest BCUT2D eigenvalue weighted by Crippen LogP contribution is -2.24. The zero-order valence-corrected chi connectivity index (χ0v) is 16.7. The first-order chi connectivity index (χ1) is 13.4. The number of nitrogens with one attached hydrogen (secondary N) is 1. The van der Waals surface area contributed by atoms with Gasteiger partial charge in [0.25, 0.3) is 5.91 Å². The number of rotatable bonds is 6. The molecule has 1 aromatic carbocycles. The first-order valence-electron chi connectivity index (χ1n) is 9.20. The van der Waals surface area contributed by atoms with Gasteiger partial charge >= 0.3 is 0 Å². The van der Waals surface area contributed by atoms with Crippen LogP contribution in [0.15, 0.2) is 48.7 Å². The van der Waals surface area contributed by atoms with Crippen molar-refractivity contribution >= 4 is 5.91 Å². The third-order valence-corrected chi connectivity index (χ3v) is 4.20. The number of benzene rings is 1. The first-order valence-corrected chi connectivity index (χ1v) is 9.20. The molecule has 0 bridgehead atoms. The van der Waals surface area contributed by atoms with Crippen molar-refractivity contribution in [2.45, 2.75) is 26.9 Å². The van der Waals surface area contributed by atoms with Crippen LogP contribution in [-0.2, 0) is 13.1 Å². The molecule has 6 nitrogen and oxygen atoms in total. The van der Waals surface area contributed by atoms with Crippen LogP contribution in [0.2, 0.25) is 0 Å². The van der Waals surface area contributed by atoms with E-state index in [4.69, 9.17) is 0 Å². The quantitative estimate of drug-likeness (QED) is 0.717. The normalized spacial score (nSPS) is 10.9. The van der Waals surface area contributed by atoms with Gasteiger partial charge in [0.1, 0.15) is 5.82 Å². The molecule has 0 aliphatic heterocycles. The number of carbonyl (C=O) groups excluding carboxylic acids is 1. The van der Waals surface area contributed by atoms with E-state index in [0.717, 1.165) is 29.2 Å². The Balaban J connectivity index is 1.64. The molecule has 0 atom stereocenters. The largest absolute Gasteiger partial charge is 0.345 e. The topological polar surface area (TPSA) is 71.0 Å². The number of hydrogen-bond donors (Lipinski definition) is 1. The molecule has 6 heteroatoms. The van der Waals surface area contributed by atoms with E-state index in [1.165, 1.54) is 5.56 Å². The minimum Gasteiger partial charge on any atom is -0.345 e. The van der Waals surface area contributed by atoms with E-state index in [-0.39, 0.29) is 5.91 Å². The van der Waals surface area contributed by atoms with Gasteiger partial charge in [-0.1, -0.05) is 18.2 Å². The summed E-state index contributed by atoms with van der Waals surface area (Å²) in [6.45, 7) is 4.99. The Bertz CT molecular complexity index is 929. The van der Waals surface area contributed by atoms with E-state index in [1.807, 2.05) is 70.5 Å². The van der Waals surface area contributed by atoms with Crippen molar-refractivity contribution in [3.8, 4) is 11.3 Å². The SMILES string of the molecule is Cc1cc(C)nc(CNC(=O)c2ccc(-c3ccc(CN(C)C)cn3)cc2)n1. The van der Waals surface area contributed by atoms with E-state index in [2.05, 4.69) is 31.2 Å². The maximum atomic E-state index is 12.4. The average Bonchev–Trinajstić information content (AvgIpc) is 2.66. The predicted molar refractivity (Wildman–Crippen MR) is 110 cm³/mol. The van der Waals surface area contributed by atoms with Crippen LogP contribution in [0.3, 0.4) is 0 Å². The molecule has 0 radical (unpaired) electrons. The van der Waals surface area contributed by atoms with Crippen LogP contribution in [0.4, 0.5) is 0 Å². The number of pyridine rings is 1. The zero-order valence-electron chi connectivity index (χ0n) is 16.7. The average molecular weight is 375 g/mol. The van der Waals surface area contributed by atoms with Gasteiger partial charge in [-0.05, 0) is 57.8 Å². The summed E-state index contributed by atoms with van der Waals surface area (Å²) >= 11 is 0. The van der Waals surface area contributed by atoms with E-state index in [9.17, 15) is 4.79 Å². The zero-order chi connectivity index (χ0) is 20.1. The van der Waals surface area contributed by atoms with Crippen molar-refractivity contribution in [3.05, 3.63) is 77.0 Å². The van der Waals surface area contributed by atoms with Gasteiger partial charge in [-0.3, -0.25) is 9.78 Å². The van der Waals surface area contributed by atoms with Crippen molar-refractivity contribution in [2.75, 3.05) is 14.1 Å². The molecule has 3 aromatic rings. The van der Waals surface area contributed by atoms with Crippen molar-refractivity contribution in [3.63, 3.8) is 0 Å². The molecule has 3 rings (SSSR count). The molecule has 0 saturated carbocycles. The summed E-state index contributed by atoms with van der Waals surface area (Å²) in [6, 6.07) is 13.4. The Kier molecular flexibility index (Phi) is 6.11. The van der Waals surface area contributed by atoms with Crippen LogP contribution in [0, 0.1) is 13.8 Å². The molecule has 1 amide bonds. The van der Waals surface area contributed by atoms with Crippen LogP contribution < -0.4 is 5.32 Å². The fraction of sp³-hybridized carbons (Fsp3) is 0.273. The molecule has 1 N–H and O–H groups in total. The third kappa shape index (κ3) is 5.20. The first kappa shape index (κ1) is 19.6. The van der Waals surface area contributed by atoms with Gasteiger partial charge in [0.15, 0.2) is 0 Å². The number of aryl methyl sites for hydroxylation is 2. The second-order valence-electron chi connectivity index (χ2n) is 7.12. The third-order valence-electron chi connectivity index (χ3n) is 4.20. The number of amides is 1. The minimum absolute atomic E-state index is 0.149. The minimum atomic E-state index is -0.149. The molecule has 144 valence electrons. The lowest BCUT2D eigenvalue weighted by Gasteiger charge is -2.10. The number of hydrogen-bond acceptors (Lipinski definition) is 5. The maximum absolute atomic E-state index is 12.4. The van der Waals surface area contributed by atoms with Crippen molar-refractivity contribution < 1.29 is 4.79 Å². The number of carbonyl (C=O) groups is 1. The highest BCUT2D eigenvalue weighted by molar-refractivity contribution is 5.94. The Morgan fingerprint density at radius 2 is 1.68 bits per heavy atom. The van der Waals surface area contributed by atoms with Crippen LogP contribution in [0.5, 0.6) is 0 Å². The highest BCUT2D eigenvalue weighted by atomic mass is 16.1. The molecular weight excluding hydrogens is 350 g/mol. The highest BCUT2D eigenvalue weighted by Gasteiger charge is 2.08. The molecule has 0 aliphatic carbocycles. The van der Waals surface area contributed by atoms with E-state index < -0.39 is 0 Å². The molecule has 0 fully saturated rings. The number of nitrogens with zero attached hydrogens (tertiary/aromatic N) is 4. The van der Waals surface area contributed by atoms with E-state index in [0.29, 0.717) is 17.9 Å². The molecule has 0 unspecified atom stereocenters. The van der Waals surface area contributed by atoms with Gasteiger partial charge in [0.05, 0.1) is 12.2 Å². The van der Waals surface area contributed by atoms with Gasteiger partial charge in [0, 0.05) is 35.3 Å².